The molecular formula is C21H18ClNO3. The topological polar surface area (TPSA) is 55.4 Å². The highest BCUT2D eigenvalue weighted by Gasteiger charge is 2.24. The average molecular weight is 368 g/mol. The van der Waals surface area contributed by atoms with E-state index in [1.165, 1.54) is 13.8 Å². The molecule has 3 aromatic carbocycles. The first-order valence-corrected chi connectivity index (χ1v) is 8.56. The summed E-state index contributed by atoms with van der Waals surface area (Å²) in [6.45, 7) is 2.79. The Labute approximate surface area is 156 Å². The van der Waals surface area contributed by atoms with Gasteiger partial charge < -0.3 is 10.1 Å². The largest absolute Gasteiger partial charge is 0.426 e. The van der Waals surface area contributed by atoms with Gasteiger partial charge in [-0.15, -0.1) is 0 Å². The number of ether oxygens (including phenoxy) is 1. The van der Waals surface area contributed by atoms with Crippen LogP contribution in [0.4, 0.5) is 0 Å². The second-order valence-electron chi connectivity index (χ2n) is 5.95. The van der Waals surface area contributed by atoms with Crippen LogP contribution in [0.5, 0.6) is 5.75 Å². The van der Waals surface area contributed by atoms with E-state index in [0.717, 1.165) is 16.3 Å². The van der Waals surface area contributed by atoms with Gasteiger partial charge in [0, 0.05) is 24.4 Å². The van der Waals surface area contributed by atoms with E-state index < -0.39 is 12.0 Å². The highest BCUT2D eigenvalue weighted by atomic mass is 35.5. The maximum Gasteiger partial charge on any atom is 0.308 e. The Morgan fingerprint density at radius 3 is 2.35 bits per heavy atom. The number of halogens is 1. The fraction of sp³-hybridized carbons (Fsp3) is 0.143. The minimum Gasteiger partial charge on any atom is -0.426 e. The summed E-state index contributed by atoms with van der Waals surface area (Å²) in [4.78, 5) is 23.5. The summed E-state index contributed by atoms with van der Waals surface area (Å²) < 4.78 is 5.44. The molecule has 0 radical (unpaired) electrons. The molecule has 0 heterocycles. The van der Waals surface area contributed by atoms with Crippen molar-refractivity contribution < 1.29 is 14.3 Å². The van der Waals surface area contributed by atoms with Gasteiger partial charge in [0.15, 0.2) is 0 Å². The van der Waals surface area contributed by atoms with Crippen molar-refractivity contribution in [1.29, 1.82) is 0 Å². The Bertz CT molecular complexity index is 984. The predicted octanol–water partition coefficient (Wildman–Crippen LogP) is 4.64. The van der Waals surface area contributed by atoms with E-state index in [-0.39, 0.29) is 5.91 Å². The van der Waals surface area contributed by atoms with Crippen molar-refractivity contribution in [1.82, 2.24) is 5.32 Å². The average Bonchev–Trinajstić information content (AvgIpc) is 2.60. The number of amides is 1. The van der Waals surface area contributed by atoms with Crippen LogP contribution in [0, 0.1) is 0 Å². The number of esters is 1. The molecule has 1 N–H and O–H groups in total. The number of carbonyl (C=O) groups excluding carboxylic acids is 2. The van der Waals surface area contributed by atoms with Gasteiger partial charge in [-0.1, -0.05) is 60.1 Å². The maximum atomic E-state index is 11.9. The molecule has 0 fully saturated rings. The van der Waals surface area contributed by atoms with Crippen LogP contribution in [-0.2, 0) is 9.59 Å². The van der Waals surface area contributed by atoms with E-state index in [4.69, 9.17) is 16.3 Å². The van der Waals surface area contributed by atoms with Gasteiger partial charge in [-0.05, 0) is 28.5 Å². The lowest BCUT2D eigenvalue weighted by Crippen LogP contribution is -2.28. The summed E-state index contributed by atoms with van der Waals surface area (Å²) in [5.41, 5.74) is 1.43. The third-order valence-corrected chi connectivity index (χ3v) is 4.38. The molecule has 0 aromatic heterocycles. The molecule has 0 saturated heterocycles. The number of benzene rings is 3. The third-order valence-electron chi connectivity index (χ3n) is 4.04. The van der Waals surface area contributed by atoms with E-state index in [1.807, 2.05) is 48.5 Å². The van der Waals surface area contributed by atoms with Crippen molar-refractivity contribution in [2.45, 2.75) is 19.9 Å². The van der Waals surface area contributed by atoms with E-state index in [0.29, 0.717) is 16.3 Å². The van der Waals surface area contributed by atoms with Gasteiger partial charge in [0.05, 0.1) is 6.04 Å². The van der Waals surface area contributed by atoms with Crippen LogP contribution in [0.1, 0.15) is 31.0 Å². The predicted molar refractivity (Wildman–Crippen MR) is 102 cm³/mol. The molecule has 0 aliphatic heterocycles. The number of hydrogen-bond donors (Lipinski definition) is 1. The summed E-state index contributed by atoms with van der Waals surface area (Å²) in [5.74, 6) is -0.242. The van der Waals surface area contributed by atoms with Gasteiger partial charge in [-0.25, -0.2) is 0 Å². The number of rotatable bonds is 4. The van der Waals surface area contributed by atoms with Gasteiger partial charge >= 0.3 is 5.97 Å². The van der Waals surface area contributed by atoms with Crippen molar-refractivity contribution >= 4 is 34.2 Å². The fourth-order valence-electron chi connectivity index (χ4n) is 3.04. The third kappa shape index (κ3) is 3.70. The standard InChI is InChI=1S/C21H18ClNO3/c1-13(24)23-21(17-9-5-6-10-18(17)22)20-16-8-4-3-7-15(16)11-12-19(20)26-14(2)25/h3-12,21H,1-2H3,(H,23,24). The second kappa shape index (κ2) is 7.58. The number of nitrogens with one attached hydrogen (secondary N) is 1. The van der Waals surface area contributed by atoms with Crippen LogP contribution in [-0.4, -0.2) is 11.9 Å². The van der Waals surface area contributed by atoms with Crippen LogP contribution in [0.2, 0.25) is 5.02 Å². The molecule has 1 unspecified atom stereocenters. The van der Waals surface area contributed by atoms with Crippen LogP contribution in [0.25, 0.3) is 10.8 Å². The zero-order valence-electron chi connectivity index (χ0n) is 14.5. The van der Waals surface area contributed by atoms with Crippen LogP contribution in [0.3, 0.4) is 0 Å². The fourth-order valence-corrected chi connectivity index (χ4v) is 3.28. The summed E-state index contributed by atoms with van der Waals surface area (Å²) in [6, 6.07) is 18.1. The summed E-state index contributed by atoms with van der Waals surface area (Å²) in [5, 5.41) is 5.32. The van der Waals surface area contributed by atoms with E-state index in [9.17, 15) is 9.59 Å². The highest BCUT2D eigenvalue weighted by molar-refractivity contribution is 6.31. The number of carbonyl (C=O) groups is 2. The molecule has 132 valence electrons. The smallest absolute Gasteiger partial charge is 0.308 e. The summed E-state index contributed by atoms with van der Waals surface area (Å²) >= 11 is 6.40. The molecule has 0 aliphatic rings. The number of fused-ring (bicyclic) bond motifs is 1. The normalized spacial score (nSPS) is 11.8. The second-order valence-corrected chi connectivity index (χ2v) is 6.35. The van der Waals surface area contributed by atoms with Crippen molar-refractivity contribution in [2.24, 2.45) is 0 Å². The number of hydrogen-bond acceptors (Lipinski definition) is 3. The van der Waals surface area contributed by atoms with Crippen molar-refractivity contribution in [3.8, 4) is 5.75 Å². The Balaban J connectivity index is 2.31. The summed E-state index contributed by atoms with van der Waals surface area (Å²) in [7, 11) is 0. The molecule has 1 amide bonds. The van der Waals surface area contributed by atoms with Crippen molar-refractivity contribution in [3.63, 3.8) is 0 Å². The molecule has 5 heteroatoms. The Kier molecular flexibility index (Phi) is 5.24. The minimum absolute atomic E-state index is 0.211. The lowest BCUT2D eigenvalue weighted by molar-refractivity contribution is -0.131. The van der Waals surface area contributed by atoms with Crippen molar-refractivity contribution in [2.75, 3.05) is 0 Å². The van der Waals surface area contributed by atoms with E-state index in [2.05, 4.69) is 5.32 Å². The SMILES string of the molecule is CC(=O)NC(c1ccccc1Cl)c1c(OC(C)=O)ccc2ccccc12. The molecule has 0 saturated carbocycles. The first kappa shape index (κ1) is 18.0. The van der Waals surface area contributed by atoms with Gasteiger partial charge in [0.25, 0.3) is 0 Å². The zero-order chi connectivity index (χ0) is 18.7. The first-order valence-electron chi connectivity index (χ1n) is 8.19. The van der Waals surface area contributed by atoms with Gasteiger partial charge in [-0.3, -0.25) is 9.59 Å². The quantitative estimate of drug-likeness (QED) is 0.539. The minimum atomic E-state index is -0.554. The highest BCUT2D eigenvalue weighted by Crippen LogP contribution is 2.38. The molecule has 0 aliphatic carbocycles. The molecule has 0 spiro atoms. The van der Waals surface area contributed by atoms with E-state index >= 15 is 0 Å². The first-order chi connectivity index (χ1) is 12.5. The molecule has 3 aromatic rings. The molecule has 26 heavy (non-hydrogen) atoms. The van der Waals surface area contributed by atoms with Gasteiger partial charge in [0.2, 0.25) is 5.91 Å². The Morgan fingerprint density at radius 1 is 0.962 bits per heavy atom. The maximum absolute atomic E-state index is 11.9. The van der Waals surface area contributed by atoms with E-state index in [1.54, 1.807) is 12.1 Å². The molecule has 4 nitrogen and oxygen atoms in total. The van der Waals surface area contributed by atoms with Crippen molar-refractivity contribution in [3.05, 3.63) is 76.8 Å². The Hall–Kier alpha value is -2.85. The summed E-state index contributed by atoms with van der Waals surface area (Å²) in [6.07, 6.45) is 0. The van der Waals surface area contributed by atoms with Gasteiger partial charge in [-0.2, -0.15) is 0 Å². The van der Waals surface area contributed by atoms with Crippen LogP contribution >= 0.6 is 11.6 Å². The monoisotopic (exact) mass is 367 g/mol. The lowest BCUT2D eigenvalue weighted by Gasteiger charge is -2.24. The molecule has 3 rings (SSSR count). The molecule has 1 atom stereocenters. The van der Waals surface area contributed by atoms with Gasteiger partial charge in [0.1, 0.15) is 5.75 Å². The molecular weight excluding hydrogens is 350 g/mol. The Morgan fingerprint density at radius 2 is 1.65 bits per heavy atom. The van der Waals surface area contributed by atoms with Crippen LogP contribution in [0.15, 0.2) is 60.7 Å². The van der Waals surface area contributed by atoms with Crippen LogP contribution < -0.4 is 10.1 Å². The lowest BCUT2D eigenvalue weighted by atomic mass is 9.92. The molecule has 0 bridgehead atoms. The zero-order valence-corrected chi connectivity index (χ0v) is 15.2.